The minimum absolute atomic E-state index is 0.0444. The van der Waals surface area contributed by atoms with Crippen LogP contribution in [0, 0.1) is 0 Å². The Kier molecular flexibility index (Phi) is 24.0. The van der Waals surface area contributed by atoms with Gasteiger partial charge in [0, 0.05) is 29.3 Å². The first kappa shape index (κ1) is 76.2. The number of carboxylic acid groups (broad SMARTS) is 3. The number of hydrogen-bond donors (Lipinski definition) is 19. The first-order valence-corrected chi connectivity index (χ1v) is 29.3. The Hall–Kier alpha value is -11.2. The number of phenolic OH excluding ortho intramolecular Hbond substituents is 4. The van der Waals surface area contributed by atoms with Gasteiger partial charge in [0.2, 0.25) is 47.1 Å². The van der Waals surface area contributed by atoms with E-state index in [0.29, 0.717) is 12.1 Å². The minimum atomic E-state index is -5.08. The van der Waals surface area contributed by atoms with Crippen molar-refractivity contribution in [2.45, 2.75) is 86.2 Å². The van der Waals surface area contributed by atoms with Crippen molar-refractivity contribution in [2.24, 2.45) is 11.6 Å². The van der Waals surface area contributed by atoms with E-state index in [1.807, 2.05) is 0 Å². The van der Waals surface area contributed by atoms with Crippen molar-refractivity contribution in [2.75, 3.05) is 7.05 Å². The van der Waals surface area contributed by atoms with Gasteiger partial charge in [0.1, 0.15) is 71.2 Å². The van der Waals surface area contributed by atoms with Crippen molar-refractivity contribution in [1.82, 2.24) is 42.6 Å². The summed E-state index contributed by atoms with van der Waals surface area (Å²) < 4.78 is 75.8. The molecule has 532 valence electrons. The molecule has 0 aromatic heterocycles. The molecule has 6 aromatic carbocycles. The lowest BCUT2D eigenvalue weighted by Gasteiger charge is -2.31. The van der Waals surface area contributed by atoms with Crippen LogP contribution in [0.25, 0.3) is 11.1 Å². The third kappa shape index (κ3) is 18.3. The molecule has 0 fully saturated rings. The van der Waals surface area contributed by atoms with Gasteiger partial charge in [-0.15, -0.1) is 0 Å². The average molecular weight is 1450 g/mol. The predicted octanol–water partition coefficient (Wildman–Crippen LogP) is 2.82. The number of carbonyl (C=O) groups is 10. The van der Waals surface area contributed by atoms with Crippen LogP contribution in [0.1, 0.15) is 75.7 Å². The second-order valence-electron chi connectivity index (χ2n) is 21.8. The molecule has 6 aromatic rings. The molecule has 39 heteroatoms. The highest BCUT2D eigenvalue weighted by atomic mass is 35.5. The van der Waals surface area contributed by atoms with E-state index in [2.05, 4.69) is 42.6 Å². The van der Waals surface area contributed by atoms with Crippen LogP contribution >= 0.6 is 23.2 Å². The molecule has 21 N–H and O–H groups in total. The van der Waals surface area contributed by atoms with Gasteiger partial charge in [0.25, 0.3) is 0 Å². The summed E-state index contributed by atoms with van der Waals surface area (Å²) in [6, 6.07) is 7.23. The molecule has 11 rings (SSSR count). The van der Waals surface area contributed by atoms with Crippen molar-refractivity contribution in [1.29, 1.82) is 0 Å². The van der Waals surface area contributed by atoms with Crippen LogP contribution in [0.5, 0.6) is 46.0 Å². The summed E-state index contributed by atoms with van der Waals surface area (Å²) in [5, 5.41) is 111. The fraction of sp³-hybridized carbons (Fsp3) is 0.246. The number of aromatic hydroxyl groups is 4. The molecule has 5 heterocycles. The van der Waals surface area contributed by atoms with Crippen LogP contribution in [-0.2, 0) is 60.9 Å². The van der Waals surface area contributed by atoms with Crippen LogP contribution in [0.4, 0.5) is 26.3 Å². The van der Waals surface area contributed by atoms with Crippen molar-refractivity contribution < 1.29 is 130 Å². The molecular formula is C61H56Cl2F6N10O21. The molecule has 100 heavy (non-hydrogen) atoms. The predicted molar refractivity (Wildman–Crippen MR) is 329 cm³/mol. The fourth-order valence-corrected chi connectivity index (χ4v) is 10.5. The highest BCUT2D eigenvalue weighted by Gasteiger charge is 2.43. The number of aliphatic hydroxyl groups excluding tert-OH is 2. The van der Waals surface area contributed by atoms with E-state index in [0.717, 1.165) is 60.2 Å². The molecule has 0 radical (unpaired) electrons. The number of fused-ring (bicyclic) bond motifs is 15. The second kappa shape index (κ2) is 31.5. The number of benzene rings is 6. The van der Waals surface area contributed by atoms with Crippen LogP contribution in [0.3, 0.4) is 0 Å². The number of likely N-dealkylation sites (N-methyl/N-ethyl adjacent to an activating group) is 1. The molecule has 7 amide bonds. The molecular weight excluding hydrogens is 1390 g/mol. The van der Waals surface area contributed by atoms with Gasteiger partial charge >= 0.3 is 30.3 Å². The lowest BCUT2D eigenvalue weighted by molar-refractivity contribution is -0.193. The van der Waals surface area contributed by atoms with Gasteiger partial charge < -0.3 is 98.4 Å². The topological polar surface area (TPSA) is 520 Å². The van der Waals surface area contributed by atoms with Gasteiger partial charge in [0.15, 0.2) is 17.5 Å². The molecule has 11 bridgehead atoms. The standard InChI is InChI=1S/C57H54Cl2N10O17.2C2HF3O2/c1-62-33(12-22-3-2-4-23(11-22)21-63-61)51(77)68-46-48(74)25-6-9-37(31(58)14-25)85-39-16-27-17-40(50(39)76)86-38-10-7-26(15-32(38)59)49(75)47-56(82)67-45(57(83)84)30-18-28(70)19-36(72)42(30)29-13-24(5-8-35(29)71)43(53(79)69-47)66-54(80)44(27)65-52(78)34(20-41(60)73)64-55(46)81;2*3-2(4,5)1(6)7/h2-11,13-19,33-34,43-49,62-63,70-72,74-76H,12,20-21,61H2,1H3,(H2,60,73)(H,64,81)(H,65,78)(H,66,80)(H,67,82)(H,68,77)(H,69,79)(H,83,84);2*(H,6,7)/t33-,34+,43-,44-,45+,46-,47+,48-,49-;;/m1../s1. The largest absolute Gasteiger partial charge is 0.508 e. The van der Waals surface area contributed by atoms with Gasteiger partial charge in [-0.05, 0) is 101 Å². The highest BCUT2D eigenvalue weighted by Crippen LogP contribution is 2.48. The number of aliphatic hydroxyl groups is 2. The maximum absolute atomic E-state index is 15.5. The number of nitrogens with two attached hydrogens (primary N) is 2. The van der Waals surface area contributed by atoms with Crippen molar-refractivity contribution in [3.8, 4) is 57.1 Å². The number of halogens is 8. The number of hydrogen-bond acceptors (Lipinski definition) is 21. The Morgan fingerprint density at radius 3 is 1.66 bits per heavy atom. The monoisotopic (exact) mass is 1450 g/mol. The third-order valence-corrected chi connectivity index (χ3v) is 15.4. The van der Waals surface area contributed by atoms with Crippen LogP contribution in [0.15, 0.2) is 103 Å². The van der Waals surface area contributed by atoms with Gasteiger partial charge in [-0.3, -0.25) is 44.8 Å². The van der Waals surface area contributed by atoms with E-state index < -0.39 is 184 Å². The van der Waals surface area contributed by atoms with Gasteiger partial charge in [-0.2, -0.15) is 26.3 Å². The number of nitrogens with one attached hydrogen (secondary N) is 8. The number of carbonyl (C=O) groups excluding carboxylic acids is 7. The molecule has 0 unspecified atom stereocenters. The van der Waals surface area contributed by atoms with Crippen LogP contribution in [0.2, 0.25) is 10.0 Å². The van der Waals surface area contributed by atoms with E-state index >= 15 is 9.59 Å². The number of phenols is 4. The number of primary amides is 1. The minimum Gasteiger partial charge on any atom is -0.508 e. The quantitative estimate of drug-likeness (QED) is 0.0532. The fourth-order valence-electron chi connectivity index (χ4n) is 10.1. The summed E-state index contributed by atoms with van der Waals surface area (Å²) >= 11 is 13.6. The molecule has 9 atom stereocenters. The van der Waals surface area contributed by atoms with E-state index in [9.17, 15) is 90.9 Å². The number of ether oxygens (including phenoxy) is 2. The molecule has 31 nitrogen and oxygen atoms in total. The zero-order valence-electron chi connectivity index (χ0n) is 50.7. The smallest absolute Gasteiger partial charge is 0.490 e. The van der Waals surface area contributed by atoms with Crippen molar-refractivity contribution in [3.05, 3.63) is 152 Å². The summed E-state index contributed by atoms with van der Waals surface area (Å²) in [6.45, 7) is 0.296. The van der Waals surface area contributed by atoms with E-state index in [4.69, 9.17) is 64.1 Å². The SMILES string of the molecule is CN[C@H](Cc1cccc(CNN)c1)C(=O)N[C@H]1C(=O)N[C@@H](CC(N)=O)C(=O)N[C@H]2C(=O)N[C@H]3C(=O)N[C@H](C(=O)N[C@H](C(=O)O)c4cc(O)cc(O)c4-c4cc3ccc4O)[C@H](O)c3ccc(c(Cl)c3)Oc3cc2cc(c3O)Oc2ccc(cc2Cl)[C@H]1O.O=C(O)C(F)(F)F.O=C(O)C(F)(F)F. The Labute approximate surface area is 566 Å². The molecule has 0 spiro atoms. The van der Waals surface area contributed by atoms with Gasteiger partial charge in [-0.25, -0.2) is 14.4 Å². The van der Waals surface area contributed by atoms with E-state index in [-0.39, 0.29) is 50.2 Å². The second-order valence-corrected chi connectivity index (χ2v) is 22.6. The number of alkyl halides is 6. The van der Waals surface area contributed by atoms with Crippen LogP contribution < -0.4 is 63.7 Å². The lowest BCUT2D eigenvalue weighted by atomic mass is 9.89. The van der Waals surface area contributed by atoms with Gasteiger partial charge in [-0.1, -0.05) is 65.7 Å². The molecule has 0 saturated heterocycles. The van der Waals surface area contributed by atoms with E-state index in [1.54, 1.807) is 24.3 Å². The first-order chi connectivity index (χ1) is 46.8. The number of aliphatic carboxylic acids is 3. The lowest BCUT2D eigenvalue weighted by Crippen LogP contribution is -2.59. The Morgan fingerprint density at radius 2 is 1.13 bits per heavy atom. The zero-order chi connectivity index (χ0) is 74.2. The average Bonchev–Trinajstić information content (AvgIpc) is 0.768. The Balaban J connectivity index is 0.000000907. The van der Waals surface area contributed by atoms with Gasteiger partial charge in [0.05, 0.1) is 22.5 Å². The molecule has 0 saturated carbocycles. The summed E-state index contributed by atoms with van der Waals surface area (Å²) in [7, 11) is 1.47. The number of carboxylic acids is 3. The van der Waals surface area contributed by atoms with Crippen molar-refractivity contribution >= 4 is 82.5 Å². The molecule has 5 aliphatic heterocycles. The van der Waals surface area contributed by atoms with Crippen LogP contribution in [-0.4, -0.2) is 149 Å². The summed E-state index contributed by atoms with van der Waals surface area (Å²) in [6.07, 6.45) is -15.3. The normalized spacial score (nSPS) is 20.1. The zero-order valence-corrected chi connectivity index (χ0v) is 52.2. The molecule has 0 aliphatic carbocycles. The summed E-state index contributed by atoms with van der Waals surface area (Å²) in [4.78, 5) is 133. The summed E-state index contributed by atoms with van der Waals surface area (Å²) in [5.41, 5.74) is 7.27. The maximum atomic E-state index is 15.5. The van der Waals surface area contributed by atoms with E-state index in [1.165, 1.54) is 31.3 Å². The highest BCUT2D eigenvalue weighted by molar-refractivity contribution is 6.32. The summed E-state index contributed by atoms with van der Waals surface area (Å²) in [5.74, 6) is -15.2. The third-order valence-electron chi connectivity index (χ3n) is 14.8. The maximum Gasteiger partial charge on any atom is 0.490 e. The molecule has 5 aliphatic rings. The first-order valence-electron chi connectivity index (χ1n) is 28.5. The number of rotatable bonds is 10. The Bertz CT molecular complexity index is 4210. The number of amides is 7. The Morgan fingerprint density at radius 1 is 0.600 bits per heavy atom. The number of hydrazine groups is 1. The van der Waals surface area contributed by atoms with Crippen molar-refractivity contribution in [3.63, 3.8) is 0 Å².